The van der Waals surface area contributed by atoms with Crippen LogP contribution >= 0.6 is 21.6 Å². The minimum Gasteiger partial charge on any atom is -0.375 e. The van der Waals surface area contributed by atoms with Crippen molar-refractivity contribution < 1.29 is 19.4 Å². The summed E-state index contributed by atoms with van der Waals surface area (Å²) < 4.78 is 62.5. The molecule has 1 heterocycles. The van der Waals surface area contributed by atoms with Crippen molar-refractivity contribution >= 4 is 36.9 Å². The van der Waals surface area contributed by atoms with E-state index in [1.807, 2.05) is 0 Å². The maximum absolute atomic E-state index is 12.4. The number of hydrogen-bond acceptors (Lipinski definition) is 3. The van der Waals surface area contributed by atoms with Gasteiger partial charge < -0.3 is 5.73 Å². The van der Waals surface area contributed by atoms with Gasteiger partial charge in [-0.2, -0.15) is 0 Å². The van der Waals surface area contributed by atoms with Crippen LogP contribution in [0.1, 0.15) is 0 Å². The fourth-order valence-corrected chi connectivity index (χ4v) is 2.54. The molecule has 0 aliphatic rings. The van der Waals surface area contributed by atoms with E-state index >= 15 is 0 Å². The highest BCUT2D eigenvalue weighted by Crippen LogP contribution is 3.02. The van der Waals surface area contributed by atoms with E-state index in [1.54, 1.807) is 0 Å². The first-order valence-corrected chi connectivity index (χ1v) is 6.63. The molecule has 16 heavy (non-hydrogen) atoms. The van der Waals surface area contributed by atoms with Crippen molar-refractivity contribution in [2.45, 2.75) is 4.90 Å². The van der Waals surface area contributed by atoms with Gasteiger partial charge >= 0.3 is 10.2 Å². The normalized spacial score (nSPS) is 17.1. The third-order valence-electron chi connectivity index (χ3n) is 1.82. The zero-order chi connectivity index (χ0) is 12.3. The average Bonchev–Trinajstić information content (AvgIpc) is 2.38. The van der Waals surface area contributed by atoms with Gasteiger partial charge in [-0.25, -0.2) is 4.98 Å². The topological polar surface area (TPSA) is 38.9 Å². The van der Waals surface area contributed by atoms with Gasteiger partial charge in [-0.1, -0.05) is 30.8 Å². The zero-order valence-corrected chi connectivity index (χ0v) is 9.10. The highest BCUT2D eigenvalue weighted by atomic mass is 32.5. The number of thiazole rings is 1. The summed E-state index contributed by atoms with van der Waals surface area (Å²) in [6.45, 7) is 0. The van der Waals surface area contributed by atoms with Crippen molar-refractivity contribution in [1.82, 2.24) is 4.98 Å². The monoisotopic (exact) mass is 276 g/mol. The van der Waals surface area contributed by atoms with Crippen molar-refractivity contribution in [3.05, 3.63) is 18.2 Å². The molecule has 0 aliphatic carbocycles. The zero-order valence-electron chi connectivity index (χ0n) is 7.46. The van der Waals surface area contributed by atoms with Crippen LogP contribution in [-0.2, 0) is 0 Å². The smallest absolute Gasteiger partial charge is 0.310 e. The van der Waals surface area contributed by atoms with Crippen LogP contribution in [0.4, 0.5) is 24.6 Å². The highest BCUT2D eigenvalue weighted by Gasteiger charge is 2.65. The second-order valence-electron chi connectivity index (χ2n) is 3.15. The predicted molar refractivity (Wildman–Crippen MR) is 55.4 cm³/mol. The van der Waals surface area contributed by atoms with Gasteiger partial charge in [0.15, 0.2) is 5.13 Å². The van der Waals surface area contributed by atoms with E-state index in [-0.39, 0.29) is 10.6 Å². The summed E-state index contributed by atoms with van der Waals surface area (Å²) in [4.78, 5) is 1.58. The van der Waals surface area contributed by atoms with Crippen LogP contribution in [0.3, 0.4) is 0 Å². The number of aromatic nitrogens is 1. The Kier molecular flexibility index (Phi) is 1.73. The first-order chi connectivity index (χ1) is 6.95. The first kappa shape index (κ1) is 11.4. The number of nitrogens with zero attached hydrogens (tertiary/aromatic N) is 1. The Morgan fingerprint density at radius 3 is 2.31 bits per heavy atom. The molecule has 0 saturated carbocycles. The molecule has 0 atom stereocenters. The van der Waals surface area contributed by atoms with Crippen LogP contribution in [0.2, 0.25) is 0 Å². The number of fused-ring (bicyclic) bond motifs is 1. The summed E-state index contributed by atoms with van der Waals surface area (Å²) >= 11 is 0.937. The number of benzene rings is 1. The summed E-state index contributed by atoms with van der Waals surface area (Å²) in [7, 11) is -9.62. The van der Waals surface area contributed by atoms with Crippen LogP contribution in [0.5, 0.6) is 0 Å². The molecule has 2 nitrogen and oxygen atoms in total. The average molecular weight is 276 g/mol. The second kappa shape index (κ2) is 2.43. The summed E-state index contributed by atoms with van der Waals surface area (Å²) in [6, 6.07) is 1.61. The predicted octanol–water partition coefficient (Wildman–Crippen LogP) is 4.54. The van der Waals surface area contributed by atoms with E-state index in [2.05, 4.69) is 4.98 Å². The first-order valence-electron chi connectivity index (χ1n) is 3.86. The Balaban J connectivity index is 2.74. The Labute approximate surface area is 90.6 Å². The van der Waals surface area contributed by atoms with Crippen molar-refractivity contribution in [2.24, 2.45) is 0 Å². The van der Waals surface area contributed by atoms with E-state index < -0.39 is 15.1 Å². The van der Waals surface area contributed by atoms with Crippen LogP contribution in [0.25, 0.3) is 10.2 Å². The highest BCUT2D eigenvalue weighted by molar-refractivity contribution is 8.45. The van der Waals surface area contributed by atoms with Gasteiger partial charge in [-0.3, -0.25) is 0 Å². The Morgan fingerprint density at radius 1 is 1.12 bits per heavy atom. The number of rotatable bonds is 1. The van der Waals surface area contributed by atoms with Crippen molar-refractivity contribution in [3.63, 3.8) is 0 Å². The van der Waals surface area contributed by atoms with E-state index in [9.17, 15) is 19.4 Å². The molecular formula is C7H5F5N2S2. The van der Waals surface area contributed by atoms with E-state index in [1.165, 1.54) is 0 Å². The molecule has 0 saturated heterocycles. The molecule has 1 aromatic carbocycles. The fraction of sp³-hybridized carbons (Fsp3) is 0. The molecule has 90 valence electrons. The van der Waals surface area contributed by atoms with Crippen LogP contribution < -0.4 is 5.73 Å². The van der Waals surface area contributed by atoms with Crippen LogP contribution in [0.15, 0.2) is 23.1 Å². The number of nitrogen functional groups attached to an aromatic ring is 1. The largest absolute Gasteiger partial charge is 0.375 e. The molecule has 0 fully saturated rings. The fourth-order valence-electron chi connectivity index (χ4n) is 1.17. The summed E-state index contributed by atoms with van der Waals surface area (Å²) in [5, 5.41) is 0.0364. The molecule has 2 N–H and O–H groups in total. The third-order valence-corrected chi connectivity index (χ3v) is 3.83. The lowest BCUT2D eigenvalue weighted by molar-refractivity contribution is 0.364. The lowest BCUT2D eigenvalue weighted by Gasteiger charge is -2.40. The van der Waals surface area contributed by atoms with Crippen molar-refractivity contribution in [2.75, 3.05) is 5.73 Å². The lowest BCUT2D eigenvalue weighted by atomic mass is 10.3. The van der Waals surface area contributed by atoms with E-state index in [0.717, 1.165) is 17.4 Å². The van der Waals surface area contributed by atoms with Gasteiger partial charge in [-0.05, 0) is 18.2 Å². The third kappa shape index (κ3) is 2.05. The van der Waals surface area contributed by atoms with Crippen molar-refractivity contribution in [3.8, 4) is 0 Å². The van der Waals surface area contributed by atoms with E-state index in [4.69, 9.17) is 5.73 Å². The van der Waals surface area contributed by atoms with Gasteiger partial charge in [0, 0.05) is 0 Å². The Morgan fingerprint density at radius 2 is 1.75 bits per heavy atom. The maximum atomic E-state index is 12.4. The molecule has 0 bridgehead atoms. The molecule has 1 aromatic heterocycles. The quantitative estimate of drug-likeness (QED) is 0.777. The molecule has 2 rings (SSSR count). The molecule has 0 amide bonds. The number of halogens is 5. The Hall–Kier alpha value is -1.09. The maximum Gasteiger partial charge on any atom is 0.310 e. The number of hydrogen-bond donors (Lipinski definition) is 1. The van der Waals surface area contributed by atoms with Gasteiger partial charge in [0.25, 0.3) is 0 Å². The standard InChI is InChI=1S/C7H5F5N2S2/c8-16(9,10,11,12)4-1-2-6-5(3-4)14-7(13)15-6/h1-3H,(H2,13,14). The number of nitrogens with two attached hydrogens (primary N) is 1. The van der Waals surface area contributed by atoms with E-state index in [0.29, 0.717) is 16.8 Å². The second-order valence-corrected chi connectivity index (χ2v) is 6.62. The molecule has 0 spiro atoms. The summed E-state index contributed by atoms with van der Waals surface area (Å²) in [5.41, 5.74) is 5.09. The Bertz CT molecular complexity index is 573. The SMILES string of the molecule is Nc1nc2cc(S(F)(F)(F)(F)F)ccc2s1. The molecule has 0 unspecified atom stereocenters. The summed E-state index contributed by atoms with van der Waals surface area (Å²) in [6.07, 6.45) is 0. The molecule has 2 aromatic rings. The van der Waals surface area contributed by atoms with Crippen molar-refractivity contribution in [1.29, 1.82) is 0 Å². The van der Waals surface area contributed by atoms with Gasteiger partial charge in [-0.15, -0.1) is 0 Å². The minimum absolute atomic E-state index is 0.0364. The summed E-state index contributed by atoms with van der Waals surface area (Å²) in [5.74, 6) is 0. The lowest BCUT2D eigenvalue weighted by Crippen LogP contribution is -2.05. The van der Waals surface area contributed by atoms with Gasteiger partial charge in [0.05, 0.1) is 10.2 Å². The van der Waals surface area contributed by atoms with Gasteiger partial charge in [0.2, 0.25) is 0 Å². The van der Waals surface area contributed by atoms with Crippen LogP contribution in [-0.4, -0.2) is 4.98 Å². The molecule has 0 radical (unpaired) electrons. The molecule has 9 heteroatoms. The van der Waals surface area contributed by atoms with Gasteiger partial charge in [0.1, 0.15) is 4.90 Å². The minimum atomic E-state index is -9.62. The van der Waals surface area contributed by atoms with Crippen LogP contribution in [0, 0.1) is 0 Å². The molecular weight excluding hydrogens is 271 g/mol. The molecule has 0 aliphatic heterocycles. The number of anilines is 1.